The molecule has 1 saturated carbocycles. The van der Waals surface area contributed by atoms with Crippen molar-refractivity contribution < 1.29 is 0 Å². The van der Waals surface area contributed by atoms with Crippen molar-refractivity contribution in [3.05, 3.63) is 0 Å². The first kappa shape index (κ1) is 11.0. The average Bonchev–Trinajstić information content (AvgIpc) is 2.18. The van der Waals surface area contributed by atoms with Gasteiger partial charge in [0.1, 0.15) is 0 Å². The van der Waals surface area contributed by atoms with Crippen molar-refractivity contribution in [2.24, 2.45) is 23.0 Å². The van der Waals surface area contributed by atoms with Crippen LogP contribution in [0.15, 0.2) is 0 Å². The largest absolute Gasteiger partial charge is 0.330 e. The number of hydrogen-bond donors (Lipinski definition) is 1. The topological polar surface area (TPSA) is 26.0 Å². The van der Waals surface area contributed by atoms with Gasteiger partial charge in [-0.25, -0.2) is 0 Å². The molecular formula is C12H25N. The van der Waals surface area contributed by atoms with E-state index in [1.165, 1.54) is 32.1 Å². The predicted molar refractivity (Wildman–Crippen MR) is 58.6 cm³/mol. The van der Waals surface area contributed by atoms with Crippen molar-refractivity contribution in [1.29, 1.82) is 0 Å². The monoisotopic (exact) mass is 183 g/mol. The van der Waals surface area contributed by atoms with E-state index < -0.39 is 0 Å². The first-order valence-electron chi connectivity index (χ1n) is 5.87. The Balaban J connectivity index is 2.75. The second kappa shape index (κ2) is 4.45. The third-order valence-corrected chi connectivity index (χ3v) is 4.48. The number of rotatable bonds is 3. The molecule has 0 radical (unpaired) electrons. The zero-order valence-electron chi connectivity index (χ0n) is 9.47. The molecule has 0 amide bonds. The molecule has 0 aromatic carbocycles. The maximum Gasteiger partial charge on any atom is -0.00154 e. The Hall–Kier alpha value is -0.0400. The van der Waals surface area contributed by atoms with Gasteiger partial charge >= 0.3 is 0 Å². The zero-order valence-corrected chi connectivity index (χ0v) is 9.47. The van der Waals surface area contributed by atoms with Gasteiger partial charge in [-0.2, -0.15) is 0 Å². The summed E-state index contributed by atoms with van der Waals surface area (Å²) in [5.41, 5.74) is 6.47. The third-order valence-electron chi connectivity index (χ3n) is 4.48. The molecule has 0 aliphatic heterocycles. The normalized spacial score (nSPS) is 37.4. The third kappa shape index (κ3) is 1.90. The smallest absolute Gasteiger partial charge is 0.00154 e. The van der Waals surface area contributed by atoms with Crippen molar-refractivity contribution in [2.75, 3.05) is 6.54 Å². The Kier molecular flexibility index (Phi) is 3.78. The van der Waals surface area contributed by atoms with Gasteiger partial charge in [0.15, 0.2) is 0 Å². The molecule has 0 spiro atoms. The maximum atomic E-state index is 6.01. The van der Waals surface area contributed by atoms with Crippen molar-refractivity contribution in [1.82, 2.24) is 0 Å². The molecule has 1 aliphatic rings. The Labute approximate surface area is 83.1 Å². The Morgan fingerprint density at radius 3 is 2.62 bits per heavy atom. The summed E-state index contributed by atoms with van der Waals surface area (Å²) < 4.78 is 0. The molecule has 78 valence electrons. The fourth-order valence-electron chi connectivity index (χ4n) is 3.08. The van der Waals surface area contributed by atoms with E-state index in [-0.39, 0.29) is 0 Å². The lowest BCUT2D eigenvalue weighted by Gasteiger charge is -2.46. The summed E-state index contributed by atoms with van der Waals surface area (Å²) in [5.74, 6) is 1.63. The highest BCUT2D eigenvalue weighted by molar-refractivity contribution is 4.91. The van der Waals surface area contributed by atoms with Crippen LogP contribution in [0.1, 0.15) is 52.9 Å². The second-order valence-corrected chi connectivity index (χ2v) is 4.89. The fourth-order valence-corrected chi connectivity index (χ4v) is 3.08. The zero-order chi connectivity index (χ0) is 9.90. The van der Waals surface area contributed by atoms with Crippen LogP contribution in [-0.2, 0) is 0 Å². The molecule has 1 fully saturated rings. The molecule has 0 saturated heterocycles. The summed E-state index contributed by atoms with van der Waals surface area (Å²) in [5, 5.41) is 0. The van der Waals surface area contributed by atoms with Crippen molar-refractivity contribution in [3.63, 3.8) is 0 Å². The lowest BCUT2D eigenvalue weighted by atomic mass is 9.60. The van der Waals surface area contributed by atoms with Gasteiger partial charge in [0.25, 0.3) is 0 Å². The first-order valence-corrected chi connectivity index (χ1v) is 5.87. The number of hydrogen-bond acceptors (Lipinski definition) is 1. The highest BCUT2D eigenvalue weighted by Crippen LogP contribution is 2.46. The molecule has 3 unspecified atom stereocenters. The van der Waals surface area contributed by atoms with Crippen LogP contribution in [0.4, 0.5) is 0 Å². The summed E-state index contributed by atoms with van der Waals surface area (Å²) in [6, 6.07) is 0. The fraction of sp³-hybridized carbons (Fsp3) is 1.00. The minimum Gasteiger partial charge on any atom is -0.330 e. The summed E-state index contributed by atoms with van der Waals surface area (Å²) >= 11 is 0. The van der Waals surface area contributed by atoms with Crippen LogP contribution in [-0.4, -0.2) is 6.54 Å². The average molecular weight is 183 g/mol. The summed E-state index contributed by atoms with van der Waals surface area (Å²) in [4.78, 5) is 0. The van der Waals surface area contributed by atoms with E-state index in [0.29, 0.717) is 5.41 Å². The van der Waals surface area contributed by atoms with E-state index in [1.54, 1.807) is 0 Å². The second-order valence-electron chi connectivity index (χ2n) is 4.89. The van der Waals surface area contributed by atoms with Crippen LogP contribution in [0.5, 0.6) is 0 Å². The molecule has 0 bridgehead atoms. The van der Waals surface area contributed by atoms with Crippen LogP contribution in [0.2, 0.25) is 0 Å². The van der Waals surface area contributed by atoms with Gasteiger partial charge in [0, 0.05) is 0 Å². The highest BCUT2D eigenvalue weighted by atomic mass is 14.6. The Morgan fingerprint density at radius 2 is 2.15 bits per heavy atom. The van der Waals surface area contributed by atoms with E-state index in [2.05, 4.69) is 20.8 Å². The molecule has 1 nitrogen and oxygen atoms in total. The van der Waals surface area contributed by atoms with Gasteiger partial charge in [0.2, 0.25) is 0 Å². The quantitative estimate of drug-likeness (QED) is 0.714. The van der Waals surface area contributed by atoms with Crippen molar-refractivity contribution in [3.8, 4) is 0 Å². The van der Waals surface area contributed by atoms with E-state index >= 15 is 0 Å². The minimum atomic E-state index is 0.465. The first-order chi connectivity index (χ1) is 6.17. The van der Waals surface area contributed by atoms with E-state index in [9.17, 15) is 0 Å². The molecule has 0 aromatic heterocycles. The molecular weight excluding hydrogens is 158 g/mol. The SMILES string of the molecule is CCC(C)C1(CN)CCCCC1C. The Morgan fingerprint density at radius 1 is 1.46 bits per heavy atom. The van der Waals surface area contributed by atoms with Crippen molar-refractivity contribution in [2.45, 2.75) is 52.9 Å². The van der Waals surface area contributed by atoms with E-state index in [1.807, 2.05) is 0 Å². The highest BCUT2D eigenvalue weighted by Gasteiger charge is 2.40. The van der Waals surface area contributed by atoms with Gasteiger partial charge in [-0.15, -0.1) is 0 Å². The van der Waals surface area contributed by atoms with Gasteiger partial charge in [-0.05, 0) is 30.2 Å². The van der Waals surface area contributed by atoms with Crippen LogP contribution >= 0.6 is 0 Å². The van der Waals surface area contributed by atoms with Crippen molar-refractivity contribution >= 4 is 0 Å². The van der Waals surface area contributed by atoms with Gasteiger partial charge in [-0.3, -0.25) is 0 Å². The van der Waals surface area contributed by atoms with Gasteiger partial charge < -0.3 is 5.73 Å². The molecule has 0 aromatic rings. The van der Waals surface area contributed by atoms with E-state index in [4.69, 9.17) is 5.73 Å². The van der Waals surface area contributed by atoms with Crippen LogP contribution < -0.4 is 5.73 Å². The lowest BCUT2D eigenvalue weighted by molar-refractivity contribution is 0.0495. The van der Waals surface area contributed by atoms with Crippen LogP contribution in [0.3, 0.4) is 0 Å². The molecule has 0 heterocycles. The van der Waals surface area contributed by atoms with Gasteiger partial charge in [-0.1, -0.05) is 46.5 Å². The summed E-state index contributed by atoms with van der Waals surface area (Å²) in [6.07, 6.45) is 6.84. The van der Waals surface area contributed by atoms with Crippen LogP contribution in [0.25, 0.3) is 0 Å². The molecule has 1 heteroatoms. The summed E-state index contributed by atoms with van der Waals surface area (Å²) in [6.45, 7) is 7.97. The molecule has 1 rings (SSSR count). The predicted octanol–water partition coefficient (Wildman–Crippen LogP) is 3.19. The maximum absolute atomic E-state index is 6.01. The molecule has 13 heavy (non-hydrogen) atoms. The molecule has 2 N–H and O–H groups in total. The Bertz CT molecular complexity index is 149. The van der Waals surface area contributed by atoms with Gasteiger partial charge in [0.05, 0.1) is 0 Å². The van der Waals surface area contributed by atoms with Crippen LogP contribution in [0, 0.1) is 17.3 Å². The number of nitrogens with two attached hydrogens (primary N) is 1. The molecule has 3 atom stereocenters. The molecule has 1 aliphatic carbocycles. The minimum absolute atomic E-state index is 0.465. The lowest BCUT2D eigenvalue weighted by Crippen LogP contribution is -2.44. The van der Waals surface area contributed by atoms with E-state index in [0.717, 1.165) is 18.4 Å². The summed E-state index contributed by atoms with van der Waals surface area (Å²) in [7, 11) is 0. The standard InChI is InChI=1S/C12H25N/c1-4-10(2)12(9-13)8-6-5-7-11(12)3/h10-11H,4-9,13H2,1-3H3.